The summed E-state index contributed by atoms with van der Waals surface area (Å²) in [5, 5.41) is 0. The molecule has 0 unspecified atom stereocenters. The first kappa shape index (κ1) is 16.0. The molecular formula is H5BaO3P. The Bertz CT molecular complexity index is 20.4. The van der Waals surface area contributed by atoms with Crippen molar-refractivity contribution in [2.24, 2.45) is 0 Å². The summed E-state index contributed by atoms with van der Waals surface area (Å²) in [6, 6.07) is 0. The van der Waals surface area contributed by atoms with Gasteiger partial charge in [0.2, 0.25) is 0 Å². The van der Waals surface area contributed by atoms with Gasteiger partial charge < -0.3 is 13.2 Å². The third-order valence-corrected chi connectivity index (χ3v) is 0. The Kier molecular flexibility index (Phi) is 56.1. The van der Waals surface area contributed by atoms with Gasteiger partial charge in [-0.15, -0.1) is 0 Å². The van der Waals surface area contributed by atoms with Gasteiger partial charge in [-0.3, -0.25) is 0 Å². The van der Waals surface area contributed by atoms with E-state index in [1.807, 2.05) is 0 Å². The Morgan fingerprint density at radius 2 is 1.80 bits per heavy atom. The molecule has 0 saturated heterocycles. The van der Waals surface area contributed by atoms with E-state index in [0.29, 0.717) is 0 Å². The largest absolute Gasteiger partial charge is 2.00 e. The summed E-state index contributed by atoms with van der Waals surface area (Å²) in [5.74, 6) is 0. The molecule has 3 nitrogen and oxygen atoms in total. The normalized spacial score (nSPS) is 4.20. The Morgan fingerprint density at radius 1 is 1.80 bits per heavy atom. The van der Waals surface area contributed by atoms with Gasteiger partial charge in [0.1, 0.15) is 0 Å². The molecule has 0 amide bonds. The average molecular weight is 221 g/mol. The molecule has 0 atom stereocenters. The number of hydrogen-bond donors (Lipinski definition) is 1. The monoisotopic (exact) mass is 222 g/mol. The Balaban J connectivity index is -0.00000000333. The molecule has 0 saturated carbocycles. The summed E-state index contributed by atoms with van der Waals surface area (Å²) in [5.41, 5.74) is 0. The quantitative estimate of drug-likeness (QED) is 0.430. The van der Waals surface area contributed by atoms with Crippen LogP contribution in [0.5, 0.6) is 0 Å². The van der Waals surface area contributed by atoms with Crippen molar-refractivity contribution in [3.8, 4) is 0 Å². The van der Waals surface area contributed by atoms with Gasteiger partial charge in [0, 0.05) is 0 Å². The first-order chi connectivity index (χ1) is 1.41. The van der Waals surface area contributed by atoms with Gasteiger partial charge in [-0.25, -0.2) is 4.57 Å². The molecule has 0 aromatic carbocycles. The second-order valence-corrected chi connectivity index (χ2v) is 0.245. The molecule has 3 N–H and O–H groups in total. The second kappa shape index (κ2) is 17.6. The maximum absolute atomic E-state index is 8.46. The van der Waals surface area contributed by atoms with Crippen LogP contribution in [-0.2, 0) is 4.57 Å². The molecule has 5 heteroatoms. The van der Waals surface area contributed by atoms with Gasteiger partial charge in [0.25, 0.3) is 0 Å². The van der Waals surface area contributed by atoms with Gasteiger partial charge in [-0.1, -0.05) is 0 Å². The smallest absolute Gasteiger partial charge is 1.00 e. The van der Waals surface area contributed by atoms with E-state index in [1.165, 1.54) is 0 Å². The second-order valence-electron chi connectivity index (χ2n) is 0.0816. The number of hydrogen-bond acceptors (Lipinski definition) is 1. The predicted molar refractivity (Wildman–Crippen MR) is 21.4 cm³/mol. The molecule has 0 spiro atoms. The van der Waals surface area contributed by atoms with E-state index in [0.717, 1.165) is 0 Å². The van der Waals surface area contributed by atoms with Gasteiger partial charge in [0.05, 0.1) is 0 Å². The van der Waals surface area contributed by atoms with Crippen molar-refractivity contribution >= 4 is 57.6 Å². The SMILES string of the molecule is O.O=PO.[Ba+2].[H-].[H-]. The summed E-state index contributed by atoms with van der Waals surface area (Å²) in [6.07, 6.45) is 0. The topological polar surface area (TPSA) is 68.8 Å². The minimum atomic E-state index is -0.833. The van der Waals surface area contributed by atoms with Crippen molar-refractivity contribution < 1.29 is 17.8 Å². The van der Waals surface area contributed by atoms with E-state index in [4.69, 9.17) is 9.46 Å². The molecule has 0 aromatic heterocycles. The van der Waals surface area contributed by atoms with Gasteiger partial charge in [-0.2, -0.15) is 0 Å². The van der Waals surface area contributed by atoms with Crippen molar-refractivity contribution in [1.82, 2.24) is 0 Å². The predicted octanol–water partition coefficient (Wildman–Crippen LogP) is -0.795. The van der Waals surface area contributed by atoms with E-state index in [9.17, 15) is 0 Å². The fourth-order valence-electron chi connectivity index (χ4n) is 0. The standard InChI is InChI=1S/Ba.HO2P.H2O.2H/c;1-3-2;;;/h;(H,1,2);1H2;;/q+2;;;2*-1. The molecule has 0 aliphatic carbocycles. The third-order valence-electron chi connectivity index (χ3n) is 0. The van der Waals surface area contributed by atoms with E-state index in [1.54, 1.807) is 0 Å². The zero-order valence-electron chi connectivity index (χ0n) is 4.51. The minimum absolute atomic E-state index is 0. The van der Waals surface area contributed by atoms with Crippen LogP contribution in [0.3, 0.4) is 0 Å². The summed E-state index contributed by atoms with van der Waals surface area (Å²) in [7, 11) is -0.833. The summed E-state index contributed by atoms with van der Waals surface area (Å²) in [6.45, 7) is 0. The third kappa shape index (κ3) is 28.5. The van der Waals surface area contributed by atoms with Crippen LogP contribution in [0.15, 0.2) is 0 Å². The number of rotatable bonds is 0. The minimum Gasteiger partial charge on any atom is -1.00 e. The maximum atomic E-state index is 8.46. The Labute approximate surface area is 74.4 Å². The van der Waals surface area contributed by atoms with Crippen LogP contribution in [0.25, 0.3) is 0 Å². The van der Waals surface area contributed by atoms with Crippen LogP contribution in [0.2, 0.25) is 0 Å². The Morgan fingerprint density at radius 3 is 1.80 bits per heavy atom. The summed E-state index contributed by atoms with van der Waals surface area (Å²) in [4.78, 5) is 6.99. The zero-order chi connectivity index (χ0) is 2.71. The van der Waals surface area contributed by atoms with E-state index in [2.05, 4.69) is 0 Å². The van der Waals surface area contributed by atoms with Crippen LogP contribution in [0.4, 0.5) is 0 Å². The first-order valence-electron chi connectivity index (χ1n) is 0.383. The van der Waals surface area contributed by atoms with Gasteiger partial charge in [0.15, 0.2) is 0 Å². The molecule has 0 bridgehead atoms. The van der Waals surface area contributed by atoms with Crippen molar-refractivity contribution in [1.29, 1.82) is 0 Å². The molecule has 0 aliphatic heterocycles. The molecule has 0 rings (SSSR count). The van der Waals surface area contributed by atoms with Crippen LogP contribution in [0.1, 0.15) is 2.85 Å². The van der Waals surface area contributed by atoms with Crippen LogP contribution < -0.4 is 0 Å². The molecule has 0 fully saturated rings. The average Bonchev–Trinajstić information content (AvgIpc) is 0.918. The Hall–Kier alpha value is 1.59. The van der Waals surface area contributed by atoms with Gasteiger partial charge in [-0.05, 0) is 0 Å². The fraction of sp³-hybridized carbons (Fsp3) is 0. The van der Waals surface area contributed by atoms with Crippen LogP contribution in [-0.4, -0.2) is 59.3 Å². The van der Waals surface area contributed by atoms with Crippen LogP contribution >= 0.6 is 8.69 Å². The van der Waals surface area contributed by atoms with Crippen molar-refractivity contribution in [2.75, 3.05) is 0 Å². The van der Waals surface area contributed by atoms with Crippen molar-refractivity contribution in [3.63, 3.8) is 0 Å². The van der Waals surface area contributed by atoms with Crippen LogP contribution in [0, 0.1) is 0 Å². The zero-order valence-corrected chi connectivity index (χ0v) is 7.84. The fourth-order valence-corrected chi connectivity index (χ4v) is 0. The van der Waals surface area contributed by atoms with E-state index < -0.39 is 8.69 Å². The maximum Gasteiger partial charge on any atom is 2.00 e. The molecule has 5 heavy (non-hydrogen) atoms. The summed E-state index contributed by atoms with van der Waals surface area (Å²) >= 11 is 0. The first-order valence-corrected chi connectivity index (χ1v) is 1.15. The molecule has 0 aliphatic rings. The van der Waals surface area contributed by atoms with E-state index in [-0.39, 0.29) is 57.2 Å². The summed E-state index contributed by atoms with van der Waals surface area (Å²) < 4.78 is 8.46. The molecular weight excluding hydrogens is 216 g/mol. The molecule has 0 heterocycles. The van der Waals surface area contributed by atoms with Gasteiger partial charge >= 0.3 is 57.6 Å². The van der Waals surface area contributed by atoms with Crippen molar-refractivity contribution in [2.45, 2.75) is 0 Å². The molecule has 0 aromatic rings. The van der Waals surface area contributed by atoms with E-state index >= 15 is 0 Å². The molecule has 30 valence electrons. The van der Waals surface area contributed by atoms with Crippen molar-refractivity contribution in [3.05, 3.63) is 0 Å². The molecule has 0 radical (unpaired) electrons.